The van der Waals surface area contributed by atoms with Gasteiger partial charge in [0, 0.05) is 6.54 Å². The summed E-state index contributed by atoms with van der Waals surface area (Å²) in [5.41, 5.74) is 0. The van der Waals surface area contributed by atoms with Gasteiger partial charge in [-0.05, 0) is 33.4 Å². The zero-order valence-electron chi connectivity index (χ0n) is 10.5. The van der Waals surface area contributed by atoms with E-state index < -0.39 is 10.0 Å². The molecule has 0 aromatic heterocycles. The molecule has 0 amide bonds. The van der Waals surface area contributed by atoms with Crippen LogP contribution in [-0.4, -0.2) is 46.5 Å². The molecule has 0 aromatic rings. The van der Waals surface area contributed by atoms with Gasteiger partial charge in [-0.2, -0.15) is 0 Å². The minimum absolute atomic E-state index is 0.137. The third kappa shape index (κ3) is 10.4. The molecular formula is C10H24N2O3S. The van der Waals surface area contributed by atoms with Gasteiger partial charge in [0.1, 0.15) is 0 Å². The molecule has 0 aliphatic rings. The molecule has 0 aliphatic carbocycles. The minimum atomic E-state index is -3.13. The Morgan fingerprint density at radius 1 is 1.25 bits per heavy atom. The van der Waals surface area contributed by atoms with Crippen LogP contribution in [0.5, 0.6) is 0 Å². The Hall–Kier alpha value is -0.170. The monoisotopic (exact) mass is 252 g/mol. The number of hydrogen-bond acceptors (Lipinski definition) is 4. The van der Waals surface area contributed by atoms with E-state index in [-0.39, 0.29) is 11.9 Å². The zero-order valence-corrected chi connectivity index (χ0v) is 11.3. The topological polar surface area (TPSA) is 67.4 Å². The summed E-state index contributed by atoms with van der Waals surface area (Å²) in [4.78, 5) is 0. The summed E-state index contributed by atoms with van der Waals surface area (Å²) in [6, 6.07) is 0. The third-order valence-corrected chi connectivity index (χ3v) is 3.36. The van der Waals surface area contributed by atoms with Crippen molar-refractivity contribution < 1.29 is 13.2 Å². The molecule has 6 heteroatoms. The Kier molecular flexibility index (Phi) is 8.83. The minimum Gasteiger partial charge on any atom is -0.377 e. The summed E-state index contributed by atoms with van der Waals surface area (Å²) in [6.45, 7) is 8.22. The lowest BCUT2D eigenvalue weighted by Crippen LogP contribution is -2.31. The Balaban J connectivity index is 3.55. The summed E-state index contributed by atoms with van der Waals surface area (Å²) in [7, 11) is -3.13. The van der Waals surface area contributed by atoms with Gasteiger partial charge < -0.3 is 10.1 Å². The highest BCUT2D eigenvalue weighted by atomic mass is 32.2. The van der Waals surface area contributed by atoms with Crippen LogP contribution in [-0.2, 0) is 14.8 Å². The first-order valence-corrected chi connectivity index (χ1v) is 7.43. The number of hydrogen-bond donors (Lipinski definition) is 2. The second-order valence-electron chi connectivity index (χ2n) is 3.84. The zero-order chi connectivity index (χ0) is 12.4. The fraction of sp³-hybridized carbons (Fsp3) is 1.00. The first-order chi connectivity index (χ1) is 7.48. The summed E-state index contributed by atoms with van der Waals surface area (Å²) < 4.78 is 30.6. The molecule has 0 saturated heterocycles. The largest absolute Gasteiger partial charge is 0.377 e. The first-order valence-electron chi connectivity index (χ1n) is 5.77. The smallest absolute Gasteiger partial charge is 0.211 e. The van der Waals surface area contributed by atoms with Crippen molar-refractivity contribution in [2.24, 2.45) is 0 Å². The lowest BCUT2D eigenvalue weighted by atomic mass is 10.5. The molecule has 0 bridgehead atoms. The molecule has 0 aliphatic heterocycles. The normalized spacial score (nSPS) is 12.2. The van der Waals surface area contributed by atoms with Crippen LogP contribution in [0.4, 0.5) is 0 Å². The molecule has 98 valence electrons. The predicted molar refractivity (Wildman–Crippen MR) is 66.0 cm³/mol. The molecule has 0 rings (SSSR count). The lowest BCUT2D eigenvalue weighted by Gasteiger charge is -2.09. The van der Waals surface area contributed by atoms with E-state index in [1.54, 1.807) is 0 Å². The number of nitrogens with one attached hydrogen (secondary N) is 2. The Morgan fingerprint density at radius 3 is 2.50 bits per heavy atom. The van der Waals surface area contributed by atoms with E-state index in [1.165, 1.54) is 0 Å². The van der Waals surface area contributed by atoms with Gasteiger partial charge in [-0.1, -0.05) is 6.92 Å². The standard InChI is InChI=1S/C10H24N2O3S/c1-4-11-6-5-9-16(13,14)12-7-8-15-10(2)3/h10-12H,4-9H2,1-3H3. The van der Waals surface area contributed by atoms with Crippen LogP contribution in [0, 0.1) is 0 Å². The van der Waals surface area contributed by atoms with Crippen LogP contribution in [0.2, 0.25) is 0 Å². The molecule has 0 atom stereocenters. The summed E-state index contributed by atoms with van der Waals surface area (Å²) >= 11 is 0. The number of sulfonamides is 1. The molecule has 2 N–H and O–H groups in total. The molecule has 0 spiro atoms. The second kappa shape index (κ2) is 8.92. The van der Waals surface area contributed by atoms with Gasteiger partial charge >= 0.3 is 0 Å². The van der Waals surface area contributed by atoms with Crippen molar-refractivity contribution >= 4 is 10.0 Å². The van der Waals surface area contributed by atoms with Crippen LogP contribution in [0.25, 0.3) is 0 Å². The molecule has 0 saturated carbocycles. The van der Waals surface area contributed by atoms with Gasteiger partial charge in [0.15, 0.2) is 0 Å². The number of ether oxygens (including phenoxy) is 1. The fourth-order valence-electron chi connectivity index (χ4n) is 1.13. The average Bonchev–Trinajstić information content (AvgIpc) is 2.19. The van der Waals surface area contributed by atoms with E-state index in [1.807, 2.05) is 20.8 Å². The molecule has 5 nitrogen and oxygen atoms in total. The molecular weight excluding hydrogens is 228 g/mol. The third-order valence-electron chi connectivity index (χ3n) is 1.89. The van der Waals surface area contributed by atoms with Crippen molar-refractivity contribution in [2.75, 3.05) is 32.0 Å². The van der Waals surface area contributed by atoms with E-state index in [4.69, 9.17) is 4.74 Å². The van der Waals surface area contributed by atoms with Gasteiger partial charge in [-0.15, -0.1) is 0 Å². The molecule has 0 fully saturated rings. The lowest BCUT2D eigenvalue weighted by molar-refractivity contribution is 0.0834. The van der Waals surface area contributed by atoms with Gasteiger partial charge in [0.2, 0.25) is 10.0 Å². The maximum Gasteiger partial charge on any atom is 0.211 e. The fourth-order valence-corrected chi connectivity index (χ4v) is 2.19. The maximum atomic E-state index is 11.4. The highest BCUT2D eigenvalue weighted by Gasteiger charge is 2.08. The SMILES string of the molecule is CCNCCCS(=O)(=O)NCCOC(C)C. The summed E-state index contributed by atoms with van der Waals surface area (Å²) in [5, 5.41) is 3.09. The highest BCUT2D eigenvalue weighted by Crippen LogP contribution is 1.90. The van der Waals surface area contributed by atoms with E-state index in [0.29, 0.717) is 19.6 Å². The van der Waals surface area contributed by atoms with Crippen LogP contribution >= 0.6 is 0 Å². The number of rotatable bonds is 10. The quantitative estimate of drug-likeness (QED) is 0.550. The Labute approximate surface area is 99.0 Å². The van der Waals surface area contributed by atoms with Crippen molar-refractivity contribution in [1.82, 2.24) is 10.0 Å². The average molecular weight is 252 g/mol. The van der Waals surface area contributed by atoms with E-state index in [2.05, 4.69) is 10.0 Å². The van der Waals surface area contributed by atoms with Crippen LogP contribution in [0.1, 0.15) is 27.2 Å². The van der Waals surface area contributed by atoms with Crippen molar-refractivity contribution in [3.8, 4) is 0 Å². The maximum absolute atomic E-state index is 11.4. The van der Waals surface area contributed by atoms with Crippen LogP contribution < -0.4 is 10.0 Å². The second-order valence-corrected chi connectivity index (χ2v) is 5.77. The van der Waals surface area contributed by atoms with E-state index in [0.717, 1.165) is 13.1 Å². The molecule has 0 heterocycles. The summed E-state index contributed by atoms with van der Waals surface area (Å²) in [5.74, 6) is 0.168. The molecule has 0 radical (unpaired) electrons. The van der Waals surface area contributed by atoms with Crippen LogP contribution in [0.3, 0.4) is 0 Å². The Bertz CT molecular complexity index is 253. The van der Waals surface area contributed by atoms with Gasteiger partial charge in [0.05, 0.1) is 18.5 Å². The van der Waals surface area contributed by atoms with E-state index >= 15 is 0 Å². The van der Waals surface area contributed by atoms with Gasteiger partial charge in [-0.3, -0.25) is 0 Å². The van der Waals surface area contributed by atoms with Crippen molar-refractivity contribution in [3.63, 3.8) is 0 Å². The molecule has 0 aromatic carbocycles. The van der Waals surface area contributed by atoms with E-state index in [9.17, 15) is 8.42 Å². The molecule has 0 unspecified atom stereocenters. The van der Waals surface area contributed by atoms with Crippen molar-refractivity contribution in [2.45, 2.75) is 33.3 Å². The summed E-state index contributed by atoms with van der Waals surface area (Å²) in [6.07, 6.45) is 0.770. The van der Waals surface area contributed by atoms with Crippen molar-refractivity contribution in [1.29, 1.82) is 0 Å². The van der Waals surface area contributed by atoms with Gasteiger partial charge in [0.25, 0.3) is 0 Å². The van der Waals surface area contributed by atoms with Crippen LogP contribution in [0.15, 0.2) is 0 Å². The Morgan fingerprint density at radius 2 is 1.94 bits per heavy atom. The predicted octanol–water partition coefficient (Wildman–Crippen LogP) is 0.330. The van der Waals surface area contributed by atoms with Gasteiger partial charge in [-0.25, -0.2) is 13.1 Å². The van der Waals surface area contributed by atoms with Crippen molar-refractivity contribution in [3.05, 3.63) is 0 Å². The molecule has 16 heavy (non-hydrogen) atoms. The highest BCUT2D eigenvalue weighted by molar-refractivity contribution is 7.89. The first kappa shape index (κ1) is 15.8.